The van der Waals surface area contributed by atoms with Crippen molar-refractivity contribution in [2.75, 3.05) is 13.4 Å². The van der Waals surface area contributed by atoms with Gasteiger partial charge in [0.05, 0.1) is 18.9 Å². The Balaban J connectivity index is 1.51. The van der Waals surface area contributed by atoms with Crippen LogP contribution in [0.2, 0.25) is 0 Å². The Morgan fingerprint density at radius 3 is 2.70 bits per heavy atom. The highest BCUT2D eigenvalue weighted by Crippen LogP contribution is 2.34. The van der Waals surface area contributed by atoms with E-state index in [9.17, 15) is 13.2 Å². The molecule has 176 valence electrons. The fraction of sp³-hybridized carbons (Fsp3) is 0.455. The zero-order valence-corrected chi connectivity index (χ0v) is 20.2. The van der Waals surface area contributed by atoms with Crippen molar-refractivity contribution >= 4 is 49.9 Å². The van der Waals surface area contributed by atoms with Gasteiger partial charge in [0.1, 0.15) is 5.04 Å². The number of fused-ring (bicyclic) bond motifs is 1. The summed E-state index contributed by atoms with van der Waals surface area (Å²) in [5, 5.41) is 15.8. The normalized spacial score (nSPS) is 20.5. The van der Waals surface area contributed by atoms with Gasteiger partial charge in [0.2, 0.25) is 5.17 Å². The van der Waals surface area contributed by atoms with Crippen LogP contribution in [-0.4, -0.2) is 48.7 Å². The van der Waals surface area contributed by atoms with Crippen LogP contribution in [-0.2, 0) is 14.9 Å². The number of amidine groups is 2. The predicted molar refractivity (Wildman–Crippen MR) is 129 cm³/mol. The van der Waals surface area contributed by atoms with E-state index in [1.165, 1.54) is 74.2 Å². The SMILES string of the molecule is COc1cc(C=C2C(=N)N3N=C(CCC4CCCCC4)SC3=NC2=O)ccc1OS(C)(=O)=O. The van der Waals surface area contributed by atoms with Crippen molar-refractivity contribution in [3.8, 4) is 11.5 Å². The predicted octanol–water partition coefficient (Wildman–Crippen LogP) is 4.01. The average molecular weight is 491 g/mol. The third kappa shape index (κ3) is 5.64. The molecular weight excluding hydrogens is 464 g/mol. The second-order valence-electron chi connectivity index (χ2n) is 8.25. The molecule has 9 nitrogen and oxygen atoms in total. The minimum absolute atomic E-state index is 0.0376. The smallest absolute Gasteiger partial charge is 0.306 e. The van der Waals surface area contributed by atoms with E-state index in [0.29, 0.717) is 10.7 Å². The van der Waals surface area contributed by atoms with E-state index in [-0.39, 0.29) is 22.9 Å². The standard InChI is InChI=1S/C22H26N4O5S2/c1-30-18-13-15(8-10-17(18)31-33(2,28)29)12-16-20(23)26-22(24-21(16)27)32-19(25-26)11-9-14-6-4-3-5-7-14/h8,10,12-14,23H,3-7,9,11H2,1-2H3. The Kier molecular flexibility index (Phi) is 6.89. The number of carbonyl (C=O) groups excluding carboxylic acids is 1. The van der Waals surface area contributed by atoms with Crippen molar-refractivity contribution in [2.45, 2.75) is 44.9 Å². The number of rotatable bonds is 7. The molecule has 1 amide bonds. The number of nitrogens with one attached hydrogen (secondary N) is 1. The molecule has 0 saturated heterocycles. The molecule has 1 N–H and O–H groups in total. The van der Waals surface area contributed by atoms with E-state index in [0.717, 1.165) is 30.1 Å². The number of thioether (sulfide) groups is 1. The third-order valence-electron chi connectivity index (χ3n) is 5.73. The summed E-state index contributed by atoms with van der Waals surface area (Å²) in [5.74, 6) is 0.394. The van der Waals surface area contributed by atoms with Gasteiger partial charge >= 0.3 is 10.1 Å². The molecule has 1 saturated carbocycles. The molecule has 1 aromatic carbocycles. The summed E-state index contributed by atoms with van der Waals surface area (Å²) in [4.78, 5) is 16.8. The van der Waals surface area contributed by atoms with Gasteiger partial charge in [-0.15, -0.1) is 0 Å². The average Bonchev–Trinajstić information content (AvgIpc) is 3.19. The maximum Gasteiger partial charge on any atom is 0.306 e. The van der Waals surface area contributed by atoms with Crippen LogP contribution in [0.4, 0.5) is 0 Å². The molecule has 0 unspecified atom stereocenters. The Morgan fingerprint density at radius 2 is 2.00 bits per heavy atom. The Labute approximate surface area is 197 Å². The highest BCUT2D eigenvalue weighted by Gasteiger charge is 2.35. The minimum Gasteiger partial charge on any atom is -0.493 e. The van der Waals surface area contributed by atoms with Crippen LogP contribution in [0.3, 0.4) is 0 Å². The minimum atomic E-state index is -3.72. The highest BCUT2D eigenvalue weighted by molar-refractivity contribution is 8.26. The second-order valence-corrected chi connectivity index (χ2v) is 10.9. The molecule has 1 aliphatic carbocycles. The van der Waals surface area contributed by atoms with Gasteiger partial charge < -0.3 is 8.92 Å². The number of hydrogen-bond donors (Lipinski definition) is 1. The summed E-state index contributed by atoms with van der Waals surface area (Å²) in [7, 11) is -2.33. The maximum atomic E-state index is 12.6. The van der Waals surface area contributed by atoms with Gasteiger partial charge in [0.15, 0.2) is 17.3 Å². The van der Waals surface area contributed by atoms with Crippen LogP contribution in [0.15, 0.2) is 33.9 Å². The van der Waals surface area contributed by atoms with Gasteiger partial charge in [-0.25, -0.2) is 0 Å². The number of hydrazone groups is 1. The van der Waals surface area contributed by atoms with Gasteiger partial charge in [0.25, 0.3) is 5.91 Å². The zero-order valence-electron chi connectivity index (χ0n) is 18.5. The molecule has 1 aromatic rings. The number of nitrogens with zero attached hydrogens (tertiary/aromatic N) is 3. The first-order valence-corrected chi connectivity index (χ1v) is 13.4. The van der Waals surface area contributed by atoms with Gasteiger partial charge in [0, 0.05) is 0 Å². The molecule has 0 atom stereocenters. The van der Waals surface area contributed by atoms with E-state index in [1.54, 1.807) is 6.07 Å². The number of carbonyl (C=O) groups is 1. The number of hydrogen-bond acceptors (Lipinski definition) is 8. The lowest BCUT2D eigenvalue weighted by Crippen LogP contribution is -2.35. The second kappa shape index (κ2) is 9.68. The molecule has 0 aromatic heterocycles. The van der Waals surface area contributed by atoms with Gasteiger partial charge in [-0.2, -0.15) is 23.5 Å². The van der Waals surface area contributed by atoms with Gasteiger partial charge in [-0.3, -0.25) is 10.2 Å². The Morgan fingerprint density at radius 1 is 1.24 bits per heavy atom. The zero-order chi connectivity index (χ0) is 23.6. The van der Waals surface area contributed by atoms with Crippen molar-refractivity contribution < 1.29 is 22.1 Å². The molecule has 1 fully saturated rings. The first kappa shape index (κ1) is 23.5. The van der Waals surface area contributed by atoms with Crippen LogP contribution >= 0.6 is 11.8 Å². The van der Waals surface area contributed by atoms with E-state index in [1.807, 2.05) is 0 Å². The van der Waals surface area contributed by atoms with Crippen molar-refractivity contribution in [3.63, 3.8) is 0 Å². The van der Waals surface area contributed by atoms with E-state index >= 15 is 0 Å². The largest absolute Gasteiger partial charge is 0.493 e. The summed E-state index contributed by atoms with van der Waals surface area (Å²) in [6.45, 7) is 0. The van der Waals surface area contributed by atoms with Crippen LogP contribution in [0.25, 0.3) is 6.08 Å². The summed E-state index contributed by atoms with van der Waals surface area (Å²) < 4.78 is 33.0. The summed E-state index contributed by atoms with van der Waals surface area (Å²) >= 11 is 1.36. The van der Waals surface area contributed by atoms with Crippen LogP contribution < -0.4 is 8.92 Å². The van der Waals surface area contributed by atoms with Crippen molar-refractivity contribution in [3.05, 3.63) is 29.3 Å². The molecule has 11 heteroatoms. The number of aliphatic imine (C=N–C) groups is 1. The fourth-order valence-electron chi connectivity index (χ4n) is 4.11. The van der Waals surface area contributed by atoms with Crippen LogP contribution in [0, 0.1) is 11.3 Å². The van der Waals surface area contributed by atoms with Gasteiger partial charge in [-0.05, 0) is 54.3 Å². The van der Waals surface area contributed by atoms with Crippen LogP contribution in [0.1, 0.15) is 50.5 Å². The molecule has 0 radical (unpaired) electrons. The van der Waals surface area contributed by atoms with Gasteiger partial charge in [-0.1, -0.05) is 38.2 Å². The number of amides is 1. The van der Waals surface area contributed by atoms with E-state index in [4.69, 9.17) is 14.3 Å². The lowest BCUT2D eigenvalue weighted by Gasteiger charge is -2.20. The first-order chi connectivity index (χ1) is 15.7. The van der Waals surface area contributed by atoms with E-state index in [2.05, 4.69) is 10.1 Å². The number of methoxy groups -OCH3 is 1. The van der Waals surface area contributed by atoms with Crippen molar-refractivity contribution in [1.82, 2.24) is 5.01 Å². The summed E-state index contributed by atoms with van der Waals surface area (Å²) in [6, 6.07) is 4.55. The molecule has 0 spiro atoms. The Bertz CT molecular complexity index is 1170. The highest BCUT2D eigenvalue weighted by atomic mass is 32.2. The van der Waals surface area contributed by atoms with Crippen LogP contribution in [0.5, 0.6) is 11.5 Å². The third-order valence-corrected chi connectivity index (χ3v) is 7.18. The molecule has 2 aliphatic heterocycles. The lowest BCUT2D eigenvalue weighted by atomic mass is 9.86. The molecular formula is C22H26N4O5S2. The quantitative estimate of drug-likeness (QED) is 0.453. The molecule has 2 heterocycles. The lowest BCUT2D eigenvalue weighted by molar-refractivity contribution is -0.114. The first-order valence-electron chi connectivity index (χ1n) is 10.8. The number of ether oxygens (including phenoxy) is 1. The van der Waals surface area contributed by atoms with Crippen molar-refractivity contribution in [1.29, 1.82) is 5.41 Å². The number of benzene rings is 1. The maximum absolute atomic E-state index is 12.6. The topological polar surface area (TPSA) is 121 Å². The fourth-order valence-corrected chi connectivity index (χ4v) is 5.47. The monoisotopic (exact) mass is 490 g/mol. The molecule has 33 heavy (non-hydrogen) atoms. The van der Waals surface area contributed by atoms with Crippen molar-refractivity contribution in [2.24, 2.45) is 16.0 Å². The molecule has 3 aliphatic rings. The molecule has 4 rings (SSSR count). The summed E-state index contributed by atoms with van der Waals surface area (Å²) in [5.41, 5.74) is 0.628. The van der Waals surface area contributed by atoms with E-state index < -0.39 is 16.0 Å². The molecule has 0 bridgehead atoms. The Hall–Kier alpha value is -2.66. The summed E-state index contributed by atoms with van der Waals surface area (Å²) in [6.07, 6.45) is 10.8.